The van der Waals surface area contributed by atoms with Crippen molar-refractivity contribution in [2.24, 2.45) is 5.92 Å². The van der Waals surface area contributed by atoms with Crippen molar-refractivity contribution in [3.63, 3.8) is 0 Å². The number of nitrogen functional groups attached to an aromatic ring is 1. The lowest BCUT2D eigenvalue weighted by molar-refractivity contribution is -0.152. The summed E-state index contributed by atoms with van der Waals surface area (Å²) in [7, 11) is 0. The zero-order chi connectivity index (χ0) is 12.4. The third-order valence-electron chi connectivity index (χ3n) is 2.89. The number of carboxylic acid groups (broad SMARTS) is 1. The maximum absolute atomic E-state index is 11.8. The number of carbonyl (C=O) groups is 2. The predicted octanol–water partition coefficient (Wildman–Crippen LogP) is 0.354. The Kier molecular flexibility index (Phi) is 2.99. The molecule has 0 bridgehead atoms. The van der Waals surface area contributed by atoms with Crippen molar-refractivity contribution in [3.8, 4) is 0 Å². The van der Waals surface area contributed by atoms with Gasteiger partial charge in [-0.3, -0.25) is 9.59 Å². The number of carbonyl (C=O) groups excluding carboxylic acids is 1. The van der Waals surface area contributed by atoms with Crippen LogP contribution in [0.25, 0.3) is 0 Å². The fourth-order valence-electron chi connectivity index (χ4n) is 1.83. The Bertz CT molecular complexity index is 453. The Hall–Kier alpha value is -2.04. The van der Waals surface area contributed by atoms with Gasteiger partial charge in [0, 0.05) is 18.8 Å². The van der Waals surface area contributed by atoms with Gasteiger partial charge in [-0.2, -0.15) is 0 Å². The highest BCUT2D eigenvalue weighted by Crippen LogP contribution is 2.17. The van der Waals surface area contributed by atoms with Crippen LogP contribution in [0, 0.1) is 5.92 Å². The van der Waals surface area contributed by atoms with Crippen molar-refractivity contribution in [1.82, 2.24) is 4.90 Å². The zero-order valence-electron chi connectivity index (χ0n) is 9.30. The number of carboxylic acids is 1. The molecule has 90 valence electrons. The highest BCUT2D eigenvalue weighted by molar-refractivity contribution is 5.82. The molecule has 1 heterocycles. The maximum Gasteiger partial charge on any atom is 0.310 e. The molecule has 1 aliphatic rings. The van der Waals surface area contributed by atoms with Crippen LogP contribution in [0.1, 0.15) is 5.56 Å². The van der Waals surface area contributed by atoms with Gasteiger partial charge in [0.05, 0.1) is 12.3 Å². The number of nitrogens with two attached hydrogens (primary N) is 1. The first-order valence-corrected chi connectivity index (χ1v) is 5.41. The topological polar surface area (TPSA) is 83.6 Å². The minimum atomic E-state index is -0.835. The first-order valence-electron chi connectivity index (χ1n) is 5.41. The van der Waals surface area contributed by atoms with Gasteiger partial charge in [-0.25, -0.2) is 0 Å². The second kappa shape index (κ2) is 4.45. The SMILES string of the molecule is Nc1cccc(CC(=O)N2CC(C(=O)O)C2)c1. The van der Waals surface area contributed by atoms with E-state index in [0.717, 1.165) is 5.56 Å². The molecule has 1 aromatic carbocycles. The number of nitrogens with zero attached hydrogens (tertiary/aromatic N) is 1. The number of likely N-dealkylation sites (tertiary alicyclic amines) is 1. The van der Waals surface area contributed by atoms with Crippen LogP contribution in [-0.4, -0.2) is 35.0 Å². The van der Waals surface area contributed by atoms with Crippen LogP contribution < -0.4 is 5.73 Å². The second-order valence-electron chi connectivity index (χ2n) is 4.26. The first kappa shape index (κ1) is 11.4. The number of hydrogen-bond acceptors (Lipinski definition) is 3. The number of hydrogen-bond donors (Lipinski definition) is 2. The quantitative estimate of drug-likeness (QED) is 0.739. The summed E-state index contributed by atoms with van der Waals surface area (Å²) < 4.78 is 0. The van der Waals surface area contributed by atoms with E-state index in [2.05, 4.69) is 0 Å². The molecule has 0 unspecified atom stereocenters. The van der Waals surface area contributed by atoms with E-state index in [0.29, 0.717) is 18.8 Å². The summed E-state index contributed by atoms with van der Waals surface area (Å²) in [5, 5.41) is 8.70. The van der Waals surface area contributed by atoms with Crippen LogP contribution in [-0.2, 0) is 16.0 Å². The normalized spacial score (nSPS) is 15.4. The van der Waals surface area contributed by atoms with Crippen LogP contribution in [0.5, 0.6) is 0 Å². The van der Waals surface area contributed by atoms with Crippen molar-refractivity contribution in [1.29, 1.82) is 0 Å². The van der Waals surface area contributed by atoms with Gasteiger partial charge in [-0.05, 0) is 17.7 Å². The van der Waals surface area contributed by atoms with Gasteiger partial charge in [0.2, 0.25) is 5.91 Å². The predicted molar refractivity (Wildman–Crippen MR) is 62.3 cm³/mol. The largest absolute Gasteiger partial charge is 0.481 e. The maximum atomic E-state index is 11.8. The molecule has 5 heteroatoms. The van der Waals surface area contributed by atoms with Gasteiger partial charge in [-0.15, -0.1) is 0 Å². The molecule has 1 amide bonds. The van der Waals surface area contributed by atoms with E-state index in [1.165, 1.54) is 0 Å². The Morgan fingerprint density at radius 1 is 1.41 bits per heavy atom. The smallest absolute Gasteiger partial charge is 0.310 e. The fraction of sp³-hybridized carbons (Fsp3) is 0.333. The van der Waals surface area contributed by atoms with Gasteiger partial charge < -0.3 is 15.7 Å². The molecular formula is C12H14N2O3. The average Bonchev–Trinajstić information content (AvgIpc) is 2.13. The molecule has 0 saturated carbocycles. The number of rotatable bonds is 3. The number of aliphatic carboxylic acids is 1. The second-order valence-corrected chi connectivity index (χ2v) is 4.26. The number of amides is 1. The van der Waals surface area contributed by atoms with Crippen LogP contribution in [0.15, 0.2) is 24.3 Å². The fourth-order valence-corrected chi connectivity index (χ4v) is 1.83. The van der Waals surface area contributed by atoms with Crippen molar-refractivity contribution in [2.45, 2.75) is 6.42 Å². The summed E-state index contributed by atoms with van der Waals surface area (Å²) in [6.45, 7) is 0.632. The van der Waals surface area contributed by atoms with Crippen LogP contribution >= 0.6 is 0 Å². The Morgan fingerprint density at radius 2 is 2.12 bits per heavy atom. The van der Waals surface area contributed by atoms with Gasteiger partial charge in [0.25, 0.3) is 0 Å². The summed E-state index contributed by atoms with van der Waals surface area (Å²) >= 11 is 0. The van der Waals surface area contributed by atoms with Crippen molar-refractivity contribution in [2.75, 3.05) is 18.8 Å². The lowest BCUT2D eigenvalue weighted by Gasteiger charge is -2.36. The Labute approximate surface area is 98.8 Å². The molecular weight excluding hydrogens is 220 g/mol. The van der Waals surface area contributed by atoms with E-state index in [1.807, 2.05) is 6.07 Å². The monoisotopic (exact) mass is 234 g/mol. The minimum absolute atomic E-state index is 0.0481. The van der Waals surface area contributed by atoms with Gasteiger partial charge in [0.15, 0.2) is 0 Å². The highest BCUT2D eigenvalue weighted by atomic mass is 16.4. The van der Waals surface area contributed by atoms with E-state index in [9.17, 15) is 9.59 Å². The lowest BCUT2D eigenvalue weighted by atomic mass is 9.99. The van der Waals surface area contributed by atoms with Gasteiger partial charge in [0.1, 0.15) is 0 Å². The van der Waals surface area contributed by atoms with Crippen LogP contribution in [0.3, 0.4) is 0 Å². The number of benzene rings is 1. The third-order valence-corrected chi connectivity index (χ3v) is 2.89. The van der Waals surface area contributed by atoms with Crippen molar-refractivity contribution < 1.29 is 14.7 Å². The van der Waals surface area contributed by atoms with Gasteiger partial charge >= 0.3 is 5.97 Å². The Morgan fingerprint density at radius 3 is 2.71 bits per heavy atom. The Balaban J connectivity index is 1.89. The average molecular weight is 234 g/mol. The van der Waals surface area contributed by atoms with E-state index in [-0.39, 0.29) is 12.3 Å². The summed E-state index contributed by atoms with van der Waals surface area (Å²) in [6.07, 6.45) is 0.275. The van der Waals surface area contributed by atoms with Crippen molar-refractivity contribution in [3.05, 3.63) is 29.8 Å². The van der Waals surface area contributed by atoms with Crippen LogP contribution in [0.4, 0.5) is 5.69 Å². The third kappa shape index (κ3) is 2.55. The molecule has 1 saturated heterocycles. The molecule has 0 aliphatic carbocycles. The summed E-state index contributed by atoms with van der Waals surface area (Å²) in [6, 6.07) is 7.15. The molecule has 5 nitrogen and oxygen atoms in total. The molecule has 1 fully saturated rings. The molecule has 2 rings (SSSR count). The molecule has 17 heavy (non-hydrogen) atoms. The highest BCUT2D eigenvalue weighted by Gasteiger charge is 2.35. The summed E-state index contributed by atoms with van der Waals surface area (Å²) in [5.74, 6) is -1.29. The zero-order valence-corrected chi connectivity index (χ0v) is 9.30. The molecule has 3 N–H and O–H groups in total. The molecule has 1 aliphatic heterocycles. The standard InChI is InChI=1S/C12H14N2O3/c13-10-3-1-2-8(4-10)5-11(15)14-6-9(7-14)12(16)17/h1-4,9H,5-7,13H2,(H,16,17). The first-order chi connectivity index (χ1) is 8.06. The van der Waals surface area contributed by atoms with E-state index in [4.69, 9.17) is 10.8 Å². The minimum Gasteiger partial charge on any atom is -0.481 e. The molecule has 0 atom stereocenters. The van der Waals surface area contributed by atoms with E-state index < -0.39 is 11.9 Å². The summed E-state index contributed by atoms with van der Waals surface area (Å²) in [4.78, 5) is 23.9. The molecule has 1 aromatic rings. The van der Waals surface area contributed by atoms with E-state index in [1.54, 1.807) is 23.1 Å². The lowest BCUT2D eigenvalue weighted by Crippen LogP contribution is -2.53. The van der Waals surface area contributed by atoms with E-state index >= 15 is 0 Å². The number of anilines is 1. The van der Waals surface area contributed by atoms with Crippen LogP contribution in [0.2, 0.25) is 0 Å². The molecule has 0 aromatic heterocycles. The van der Waals surface area contributed by atoms with Crippen molar-refractivity contribution >= 4 is 17.6 Å². The van der Waals surface area contributed by atoms with Gasteiger partial charge in [-0.1, -0.05) is 12.1 Å². The summed E-state index contributed by atoms with van der Waals surface area (Å²) in [5.41, 5.74) is 7.10. The molecule has 0 spiro atoms. The molecule has 0 radical (unpaired) electrons.